The molecule has 0 fully saturated rings. The third kappa shape index (κ3) is 5.64. The van der Waals surface area contributed by atoms with E-state index in [-0.39, 0.29) is 11.6 Å². The Balaban J connectivity index is 2.33. The van der Waals surface area contributed by atoms with E-state index in [1.165, 1.54) is 33.3 Å². The van der Waals surface area contributed by atoms with Crippen molar-refractivity contribution in [1.29, 1.82) is 0 Å². The van der Waals surface area contributed by atoms with Crippen molar-refractivity contribution in [3.05, 3.63) is 57.7 Å². The number of carbonyl (C=O) groups is 2. The summed E-state index contributed by atoms with van der Waals surface area (Å²) < 4.78 is 10.4. The van der Waals surface area contributed by atoms with Crippen LogP contribution in [0.15, 0.2) is 42.1 Å². The van der Waals surface area contributed by atoms with Crippen LogP contribution in [0.2, 0.25) is 10.0 Å². The molecule has 0 spiro atoms. The summed E-state index contributed by atoms with van der Waals surface area (Å²) in [6, 6.07) is 9.81. The predicted molar refractivity (Wildman–Crippen MR) is 106 cm³/mol. The Morgan fingerprint density at radius 1 is 0.963 bits per heavy atom. The van der Waals surface area contributed by atoms with E-state index in [4.69, 9.17) is 32.7 Å². The van der Waals surface area contributed by atoms with Crippen LogP contribution in [0.1, 0.15) is 12.5 Å². The van der Waals surface area contributed by atoms with Gasteiger partial charge in [-0.2, -0.15) is 0 Å². The average molecular weight is 409 g/mol. The van der Waals surface area contributed by atoms with Crippen molar-refractivity contribution in [2.24, 2.45) is 0 Å². The molecular formula is C19H18Cl2N2O4. The van der Waals surface area contributed by atoms with E-state index in [0.29, 0.717) is 32.8 Å². The summed E-state index contributed by atoms with van der Waals surface area (Å²) in [7, 11) is 3.04. The molecule has 0 radical (unpaired) electrons. The minimum Gasteiger partial charge on any atom is -0.493 e. The van der Waals surface area contributed by atoms with Crippen LogP contribution in [0.4, 0.5) is 5.69 Å². The highest BCUT2D eigenvalue weighted by atomic mass is 35.5. The number of amides is 2. The lowest BCUT2D eigenvalue weighted by atomic mass is 10.1. The maximum Gasteiger partial charge on any atom is 0.272 e. The molecule has 0 aromatic heterocycles. The Bertz CT molecular complexity index is 897. The Morgan fingerprint density at radius 3 is 2.26 bits per heavy atom. The molecule has 8 heteroatoms. The third-order valence-electron chi connectivity index (χ3n) is 3.45. The fraction of sp³-hybridized carbons (Fsp3) is 0.158. The fourth-order valence-corrected chi connectivity index (χ4v) is 2.53. The van der Waals surface area contributed by atoms with Crippen molar-refractivity contribution < 1.29 is 19.1 Å². The summed E-state index contributed by atoms with van der Waals surface area (Å²) in [4.78, 5) is 24.1. The largest absolute Gasteiger partial charge is 0.493 e. The number of benzene rings is 2. The Labute approximate surface area is 167 Å². The van der Waals surface area contributed by atoms with Gasteiger partial charge in [-0.3, -0.25) is 9.59 Å². The van der Waals surface area contributed by atoms with Crippen LogP contribution in [-0.4, -0.2) is 26.0 Å². The van der Waals surface area contributed by atoms with Crippen molar-refractivity contribution in [1.82, 2.24) is 5.32 Å². The van der Waals surface area contributed by atoms with Gasteiger partial charge in [0.25, 0.3) is 5.91 Å². The van der Waals surface area contributed by atoms with E-state index in [9.17, 15) is 9.59 Å². The van der Waals surface area contributed by atoms with Crippen LogP contribution in [-0.2, 0) is 9.59 Å². The summed E-state index contributed by atoms with van der Waals surface area (Å²) in [6.07, 6.45) is 1.52. The van der Waals surface area contributed by atoms with Crippen LogP contribution in [0.3, 0.4) is 0 Å². The molecule has 142 valence electrons. The first-order valence-electron chi connectivity index (χ1n) is 7.81. The van der Waals surface area contributed by atoms with E-state index in [2.05, 4.69) is 10.6 Å². The Hall–Kier alpha value is -2.70. The number of hydrogen-bond donors (Lipinski definition) is 2. The molecule has 2 amide bonds. The first-order valence-corrected chi connectivity index (χ1v) is 8.57. The highest BCUT2D eigenvalue weighted by Crippen LogP contribution is 2.28. The van der Waals surface area contributed by atoms with Gasteiger partial charge in [0.15, 0.2) is 11.5 Å². The van der Waals surface area contributed by atoms with Gasteiger partial charge in [0.05, 0.1) is 24.3 Å². The van der Waals surface area contributed by atoms with Gasteiger partial charge in [0, 0.05) is 12.6 Å². The third-order valence-corrected chi connectivity index (χ3v) is 4.19. The first-order chi connectivity index (χ1) is 12.8. The molecule has 0 saturated heterocycles. The molecule has 0 aliphatic heterocycles. The lowest BCUT2D eigenvalue weighted by molar-refractivity contribution is -0.120. The first kappa shape index (κ1) is 20.6. The molecule has 0 heterocycles. The van der Waals surface area contributed by atoms with E-state index in [0.717, 1.165) is 0 Å². The van der Waals surface area contributed by atoms with E-state index >= 15 is 0 Å². The van der Waals surface area contributed by atoms with Crippen LogP contribution in [0.25, 0.3) is 6.08 Å². The van der Waals surface area contributed by atoms with Gasteiger partial charge in [0.1, 0.15) is 5.70 Å². The number of hydrogen-bond acceptors (Lipinski definition) is 4. The van der Waals surface area contributed by atoms with Crippen molar-refractivity contribution in [2.75, 3.05) is 19.5 Å². The van der Waals surface area contributed by atoms with Crippen LogP contribution in [0, 0.1) is 0 Å². The van der Waals surface area contributed by atoms with Crippen LogP contribution < -0.4 is 20.1 Å². The van der Waals surface area contributed by atoms with E-state index in [1.807, 2.05) is 0 Å². The van der Waals surface area contributed by atoms with E-state index in [1.54, 1.807) is 30.3 Å². The zero-order valence-corrected chi connectivity index (χ0v) is 16.4. The molecule has 0 unspecified atom stereocenters. The maximum absolute atomic E-state index is 12.6. The van der Waals surface area contributed by atoms with Gasteiger partial charge in [-0.1, -0.05) is 29.3 Å². The second kappa shape index (κ2) is 9.30. The topological polar surface area (TPSA) is 76.7 Å². The molecule has 2 aromatic carbocycles. The van der Waals surface area contributed by atoms with Gasteiger partial charge in [-0.05, 0) is 42.0 Å². The normalized spacial score (nSPS) is 10.9. The zero-order chi connectivity index (χ0) is 20.0. The molecule has 0 aliphatic carbocycles. The lowest BCUT2D eigenvalue weighted by Crippen LogP contribution is -2.28. The SMILES string of the molecule is COc1ccc(C=C(NC(C)=O)C(=O)Nc2ccc(Cl)c(Cl)c2)cc1OC. The van der Waals surface area contributed by atoms with Gasteiger partial charge < -0.3 is 20.1 Å². The van der Waals surface area contributed by atoms with Crippen molar-refractivity contribution >= 4 is 46.8 Å². The van der Waals surface area contributed by atoms with Gasteiger partial charge in [0.2, 0.25) is 5.91 Å². The summed E-state index contributed by atoms with van der Waals surface area (Å²) in [5.41, 5.74) is 1.14. The smallest absolute Gasteiger partial charge is 0.272 e. The van der Waals surface area contributed by atoms with Crippen molar-refractivity contribution in [2.45, 2.75) is 6.92 Å². The molecule has 0 atom stereocenters. The molecule has 0 bridgehead atoms. The second-order valence-corrected chi connectivity index (χ2v) is 6.25. The van der Waals surface area contributed by atoms with Crippen LogP contribution in [0.5, 0.6) is 11.5 Å². The minimum absolute atomic E-state index is 0.0563. The van der Waals surface area contributed by atoms with Crippen LogP contribution >= 0.6 is 23.2 Å². The van der Waals surface area contributed by atoms with Gasteiger partial charge in [-0.15, -0.1) is 0 Å². The number of nitrogens with one attached hydrogen (secondary N) is 2. The summed E-state index contributed by atoms with van der Waals surface area (Å²) >= 11 is 11.8. The number of halogens is 2. The Kier molecular flexibility index (Phi) is 7.10. The second-order valence-electron chi connectivity index (χ2n) is 5.44. The quantitative estimate of drug-likeness (QED) is 0.704. The number of rotatable bonds is 6. The highest BCUT2D eigenvalue weighted by molar-refractivity contribution is 6.42. The molecule has 6 nitrogen and oxygen atoms in total. The molecule has 2 aromatic rings. The lowest BCUT2D eigenvalue weighted by Gasteiger charge is -2.11. The summed E-state index contributed by atoms with van der Waals surface area (Å²) in [5.74, 6) is 0.152. The highest BCUT2D eigenvalue weighted by Gasteiger charge is 2.13. The van der Waals surface area contributed by atoms with Gasteiger partial charge in [-0.25, -0.2) is 0 Å². The number of methoxy groups -OCH3 is 2. The molecular weight excluding hydrogens is 391 g/mol. The molecule has 0 saturated carbocycles. The van der Waals surface area contributed by atoms with E-state index < -0.39 is 5.91 Å². The Morgan fingerprint density at radius 2 is 1.67 bits per heavy atom. The zero-order valence-electron chi connectivity index (χ0n) is 14.9. The predicted octanol–water partition coefficient (Wildman–Crippen LogP) is 4.13. The molecule has 2 N–H and O–H groups in total. The van der Waals surface area contributed by atoms with Crippen molar-refractivity contribution in [3.63, 3.8) is 0 Å². The summed E-state index contributed by atoms with van der Waals surface area (Å²) in [6.45, 7) is 1.31. The average Bonchev–Trinajstić information content (AvgIpc) is 2.63. The molecule has 0 aliphatic rings. The monoisotopic (exact) mass is 408 g/mol. The maximum atomic E-state index is 12.6. The number of carbonyl (C=O) groups excluding carboxylic acids is 2. The molecule has 27 heavy (non-hydrogen) atoms. The van der Waals surface area contributed by atoms with Gasteiger partial charge >= 0.3 is 0 Å². The van der Waals surface area contributed by atoms with Crippen molar-refractivity contribution in [3.8, 4) is 11.5 Å². The minimum atomic E-state index is -0.515. The number of anilines is 1. The number of ether oxygens (including phenoxy) is 2. The fourth-order valence-electron chi connectivity index (χ4n) is 2.23. The molecule has 2 rings (SSSR count). The standard InChI is InChI=1S/C19H18Cl2N2O4/c1-11(24)22-16(8-12-4-7-17(26-2)18(9-12)27-3)19(25)23-13-5-6-14(20)15(21)10-13/h4-10H,1-3H3,(H,22,24)(H,23,25). The summed E-state index contributed by atoms with van der Waals surface area (Å²) in [5, 5.41) is 5.86.